The molecule has 2 N–H and O–H groups in total. The van der Waals surface area contributed by atoms with E-state index in [0.717, 1.165) is 42.3 Å². The number of hydrogen-bond acceptors (Lipinski definition) is 3. The average molecular weight is 378 g/mol. The van der Waals surface area contributed by atoms with E-state index in [1.165, 1.54) is 6.07 Å². The van der Waals surface area contributed by atoms with Gasteiger partial charge in [0.2, 0.25) is 5.56 Å². The molecule has 0 saturated carbocycles. The van der Waals surface area contributed by atoms with E-state index in [2.05, 4.69) is 26.2 Å². The number of piperidine rings is 1. The SMILES string of the molecule is CNC[C@@H]1CCCN(C(=O)c2cc(=O)[nH]c3ccc(Br)cc23)C1. The molecule has 0 aliphatic carbocycles. The van der Waals surface area contributed by atoms with Crippen LogP contribution in [-0.2, 0) is 0 Å². The van der Waals surface area contributed by atoms with Gasteiger partial charge in [0, 0.05) is 34.5 Å². The minimum atomic E-state index is -0.244. The minimum Gasteiger partial charge on any atom is -0.338 e. The molecule has 1 fully saturated rings. The fraction of sp³-hybridized carbons (Fsp3) is 0.412. The highest BCUT2D eigenvalue weighted by molar-refractivity contribution is 9.10. The van der Waals surface area contributed by atoms with Crippen molar-refractivity contribution in [1.82, 2.24) is 15.2 Å². The molecule has 1 atom stereocenters. The molecule has 0 unspecified atom stereocenters. The number of amides is 1. The fourth-order valence-corrected chi connectivity index (χ4v) is 3.64. The summed E-state index contributed by atoms with van der Waals surface area (Å²) in [5.41, 5.74) is 0.926. The summed E-state index contributed by atoms with van der Waals surface area (Å²) in [5, 5.41) is 3.96. The normalized spacial score (nSPS) is 18.3. The zero-order valence-corrected chi connectivity index (χ0v) is 14.6. The van der Waals surface area contributed by atoms with Crippen LogP contribution in [0.3, 0.4) is 0 Å². The van der Waals surface area contributed by atoms with E-state index < -0.39 is 0 Å². The van der Waals surface area contributed by atoms with Crippen LogP contribution in [0.15, 0.2) is 33.5 Å². The second-order valence-corrected chi connectivity index (χ2v) is 6.97. The van der Waals surface area contributed by atoms with Gasteiger partial charge in [0.05, 0.1) is 5.56 Å². The number of halogens is 1. The van der Waals surface area contributed by atoms with Crippen molar-refractivity contribution in [3.63, 3.8) is 0 Å². The van der Waals surface area contributed by atoms with Crippen molar-refractivity contribution in [3.8, 4) is 0 Å². The Hall–Kier alpha value is -1.66. The number of H-pyrrole nitrogens is 1. The number of likely N-dealkylation sites (tertiary alicyclic amines) is 1. The molecule has 6 heteroatoms. The summed E-state index contributed by atoms with van der Waals surface area (Å²) in [7, 11) is 1.93. The number of hydrogen-bond donors (Lipinski definition) is 2. The molecule has 1 aliphatic rings. The lowest BCUT2D eigenvalue weighted by Gasteiger charge is -2.33. The number of aromatic amines is 1. The Bertz CT molecular complexity index is 785. The molecular weight excluding hydrogens is 358 g/mol. The number of carbonyl (C=O) groups excluding carboxylic acids is 1. The summed E-state index contributed by atoms with van der Waals surface area (Å²) in [6, 6.07) is 6.97. The molecule has 2 heterocycles. The van der Waals surface area contributed by atoms with Crippen LogP contribution in [0.25, 0.3) is 10.9 Å². The molecule has 1 amide bonds. The van der Waals surface area contributed by atoms with Crippen LogP contribution in [0, 0.1) is 5.92 Å². The predicted molar refractivity (Wildman–Crippen MR) is 94.8 cm³/mol. The Morgan fingerprint density at radius 3 is 3.04 bits per heavy atom. The van der Waals surface area contributed by atoms with Crippen molar-refractivity contribution < 1.29 is 4.79 Å². The number of benzene rings is 1. The molecule has 23 heavy (non-hydrogen) atoms. The monoisotopic (exact) mass is 377 g/mol. The van der Waals surface area contributed by atoms with E-state index in [9.17, 15) is 9.59 Å². The molecule has 1 saturated heterocycles. The summed E-state index contributed by atoms with van der Waals surface area (Å²) in [5.74, 6) is 0.415. The molecule has 0 bridgehead atoms. The summed E-state index contributed by atoms with van der Waals surface area (Å²) in [4.78, 5) is 29.5. The number of pyridine rings is 1. The number of rotatable bonds is 3. The highest BCUT2D eigenvalue weighted by Crippen LogP contribution is 2.24. The van der Waals surface area contributed by atoms with Crippen molar-refractivity contribution in [2.45, 2.75) is 12.8 Å². The van der Waals surface area contributed by atoms with Crippen molar-refractivity contribution in [2.24, 2.45) is 5.92 Å². The molecular formula is C17H20BrN3O2. The van der Waals surface area contributed by atoms with Gasteiger partial charge in [0.15, 0.2) is 0 Å². The second kappa shape index (κ2) is 6.84. The van der Waals surface area contributed by atoms with Crippen molar-refractivity contribution in [2.75, 3.05) is 26.7 Å². The lowest BCUT2D eigenvalue weighted by molar-refractivity contribution is 0.0676. The Morgan fingerprint density at radius 1 is 1.43 bits per heavy atom. The van der Waals surface area contributed by atoms with Gasteiger partial charge in [0.25, 0.3) is 5.91 Å². The lowest BCUT2D eigenvalue weighted by atomic mass is 9.97. The van der Waals surface area contributed by atoms with Crippen LogP contribution in [0.5, 0.6) is 0 Å². The van der Waals surface area contributed by atoms with E-state index in [0.29, 0.717) is 17.0 Å². The second-order valence-electron chi connectivity index (χ2n) is 6.05. The number of nitrogens with one attached hydrogen (secondary N) is 2. The van der Waals surface area contributed by atoms with Gasteiger partial charge in [-0.3, -0.25) is 9.59 Å². The van der Waals surface area contributed by atoms with Gasteiger partial charge in [-0.15, -0.1) is 0 Å². The summed E-state index contributed by atoms with van der Waals surface area (Å²) < 4.78 is 0.887. The average Bonchev–Trinajstić information content (AvgIpc) is 2.54. The van der Waals surface area contributed by atoms with Crippen LogP contribution < -0.4 is 10.9 Å². The van der Waals surface area contributed by atoms with E-state index >= 15 is 0 Å². The predicted octanol–water partition coefficient (Wildman–Crippen LogP) is 2.36. The lowest BCUT2D eigenvalue weighted by Crippen LogP contribution is -2.42. The van der Waals surface area contributed by atoms with Gasteiger partial charge in [-0.2, -0.15) is 0 Å². The first kappa shape index (κ1) is 16.2. The van der Waals surface area contributed by atoms with Gasteiger partial charge in [0.1, 0.15) is 0 Å². The summed E-state index contributed by atoms with van der Waals surface area (Å²) in [6.07, 6.45) is 2.13. The maximum atomic E-state index is 13.0. The van der Waals surface area contributed by atoms with E-state index in [-0.39, 0.29) is 11.5 Å². The van der Waals surface area contributed by atoms with Crippen molar-refractivity contribution in [1.29, 1.82) is 0 Å². The minimum absolute atomic E-state index is 0.0556. The van der Waals surface area contributed by atoms with Gasteiger partial charge in [-0.1, -0.05) is 15.9 Å². The molecule has 5 nitrogen and oxygen atoms in total. The summed E-state index contributed by atoms with van der Waals surface area (Å²) >= 11 is 3.44. The first-order chi connectivity index (χ1) is 11.1. The molecule has 122 valence electrons. The number of nitrogens with zero attached hydrogens (tertiary/aromatic N) is 1. The number of carbonyl (C=O) groups is 1. The maximum absolute atomic E-state index is 13.0. The summed E-state index contributed by atoms with van der Waals surface area (Å²) in [6.45, 7) is 2.40. The smallest absolute Gasteiger partial charge is 0.254 e. The third kappa shape index (κ3) is 3.48. The van der Waals surface area contributed by atoms with Gasteiger partial charge in [-0.25, -0.2) is 0 Å². The Morgan fingerprint density at radius 2 is 2.26 bits per heavy atom. The largest absolute Gasteiger partial charge is 0.338 e. The van der Waals surface area contributed by atoms with Crippen molar-refractivity contribution in [3.05, 3.63) is 44.7 Å². The van der Waals surface area contributed by atoms with Crippen LogP contribution in [-0.4, -0.2) is 42.5 Å². The Labute approximate surface area is 143 Å². The van der Waals surface area contributed by atoms with E-state index in [1.54, 1.807) is 0 Å². The van der Waals surface area contributed by atoms with E-state index in [1.807, 2.05) is 30.1 Å². The zero-order valence-electron chi connectivity index (χ0n) is 13.1. The first-order valence-corrected chi connectivity index (χ1v) is 8.64. The van der Waals surface area contributed by atoms with Crippen LogP contribution in [0.4, 0.5) is 0 Å². The molecule has 0 radical (unpaired) electrons. The molecule has 1 aromatic heterocycles. The standard InChI is InChI=1S/C17H20BrN3O2/c1-19-9-11-3-2-6-21(10-11)17(23)14-8-16(22)20-15-5-4-12(18)7-13(14)15/h4-5,7-8,11,19H,2-3,6,9-10H2,1H3,(H,20,22)/t11-/m0/s1. The maximum Gasteiger partial charge on any atom is 0.254 e. The Kier molecular flexibility index (Phi) is 4.82. The number of aromatic nitrogens is 1. The quantitative estimate of drug-likeness (QED) is 0.862. The molecule has 0 spiro atoms. The third-order valence-corrected chi connectivity index (χ3v) is 4.83. The molecule has 3 rings (SSSR count). The van der Waals surface area contributed by atoms with Crippen LogP contribution in [0.2, 0.25) is 0 Å². The third-order valence-electron chi connectivity index (χ3n) is 4.33. The van der Waals surface area contributed by atoms with Gasteiger partial charge in [-0.05, 0) is 50.6 Å². The van der Waals surface area contributed by atoms with Gasteiger partial charge < -0.3 is 15.2 Å². The zero-order chi connectivity index (χ0) is 16.4. The Balaban J connectivity index is 1.97. The highest BCUT2D eigenvalue weighted by Gasteiger charge is 2.25. The van der Waals surface area contributed by atoms with Gasteiger partial charge >= 0.3 is 0 Å². The van der Waals surface area contributed by atoms with E-state index in [4.69, 9.17) is 0 Å². The fourth-order valence-electron chi connectivity index (χ4n) is 3.28. The topological polar surface area (TPSA) is 65.2 Å². The molecule has 2 aromatic rings. The molecule has 1 aromatic carbocycles. The van der Waals surface area contributed by atoms with Crippen LogP contribution in [0.1, 0.15) is 23.2 Å². The first-order valence-electron chi connectivity index (χ1n) is 7.85. The highest BCUT2D eigenvalue weighted by atomic mass is 79.9. The number of fused-ring (bicyclic) bond motifs is 1. The van der Waals surface area contributed by atoms with Crippen molar-refractivity contribution >= 4 is 32.7 Å². The van der Waals surface area contributed by atoms with Crippen LogP contribution >= 0.6 is 15.9 Å². The molecule has 1 aliphatic heterocycles.